The summed E-state index contributed by atoms with van der Waals surface area (Å²) >= 11 is 21.7. The van der Waals surface area contributed by atoms with Gasteiger partial charge in [0.15, 0.2) is 5.78 Å². The molecule has 16 rings (SSSR count). The highest BCUT2D eigenvalue weighted by atomic mass is 36.0. The van der Waals surface area contributed by atoms with Crippen LogP contribution in [-0.2, 0) is 9.23 Å². The van der Waals surface area contributed by atoms with E-state index in [4.69, 9.17) is 39.0 Å². The molecule has 0 aliphatic heterocycles. The number of benzene rings is 4. The Morgan fingerprint density at radius 1 is 0.422 bits per heavy atom. The molecule has 116 heavy (non-hydrogen) atoms. The van der Waals surface area contributed by atoms with Gasteiger partial charge in [0, 0.05) is 133 Å². The zero-order chi connectivity index (χ0) is 80.7. The number of thiophene rings is 4. The van der Waals surface area contributed by atoms with Gasteiger partial charge in [0.05, 0.1) is 32.4 Å². The molecule has 0 unspecified atom stereocenters. The lowest BCUT2D eigenvalue weighted by atomic mass is 9.90. The predicted octanol–water partition coefficient (Wildman–Crippen LogP) is 20.9. The number of aromatic nitrogens is 8. The summed E-state index contributed by atoms with van der Waals surface area (Å²) in [4.78, 5) is 95.8. The maximum Gasteiger partial charge on any atom is 0.335 e. The topological polar surface area (TPSA) is 282 Å². The molecule has 33 heteroatoms. The lowest BCUT2D eigenvalue weighted by Gasteiger charge is -2.33. The average molecular weight is 1780 g/mol. The van der Waals surface area contributed by atoms with Gasteiger partial charge in [-0.1, -0.05) is 22.3 Å². The monoisotopic (exact) mass is 1770 g/mol. The molecular weight excluding hydrogens is 1670 g/mol. The Kier molecular flexibility index (Phi) is 36.1. The van der Waals surface area contributed by atoms with E-state index in [1.54, 1.807) is 95.8 Å². The number of carboxylic acids is 1. The van der Waals surface area contributed by atoms with Crippen molar-refractivity contribution in [2.45, 2.75) is 187 Å². The van der Waals surface area contributed by atoms with Crippen LogP contribution in [0.2, 0.25) is 0 Å². The van der Waals surface area contributed by atoms with E-state index in [0.29, 0.717) is 71.6 Å². The summed E-state index contributed by atoms with van der Waals surface area (Å²) in [5.41, 5.74) is 2.20. The molecule has 4 aromatic carbocycles. The summed E-state index contributed by atoms with van der Waals surface area (Å²) in [5.74, 6) is 2.58. The third-order valence-corrected chi connectivity index (χ3v) is 26.2. The number of nitrogens with zero attached hydrogens (tertiary/aromatic N) is 12. The number of halogens is 5. The van der Waals surface area contributed by atoms with Gasteiger partial charge in [-0.15, -0.1) is 68.5 Å². The second kappa shape index (κ2) is 44.3. The molecule has 8 aromatic heterocycles. The van der Waals surface area contributed by atoms with E-state index < -0.39 is 20.4 Å². The molecule has 4 saturated carbocycles. The average Bonchev–Trinajstić information content (AvgIpc) is 1.63. The van der Waals surface area contributed by atoms with E-state index >= 15 is 0 Å². The van der Waals surface area contributed by atoms with Gasteiger partial charge >= 0.3 is 5.97 Å². The number of carbonyl (C=O) groups excluding carboxylic acids is 3. The lowest BCUT2D eigenvalue weighted by molar-refractivity contribution is 0.0696. The third kappa shape index (κ3) is 24.0. The smallest absolute Gasteiger partial charge is 0.335 e. The summed E-state index contributed by atoms with van der Waals surface area (Å²) in [6.45, 7) is 4.15. The lowest BCUT2D eigenvalue weighted by Crippen LogP contribution is -2.36. The number of alkyl halides is 2. The number of aromatic carboxylic acids is 1. The fraction of sp³-hybridized carbons (Fsp3) is 0.470. The summed E-state index contributed by atoms with van der Waals surface area (Å²) in [7, 11) is 24.6. The van der Waals surface area contributed by atoms with Crippen molar-refractivity contribution in [2.75, 3.05) is 89.5 Å². The highest BCUT2D eigenvalue weighted by Crippen LogP contribution is 2.43. The maximum absolute atomic E-state index is 12.3. The minimum Gasteiger partial charge on any atom is -0.478 e. The van der Waals surface area contributed by atoms with Gasteiger partial charge in [-0.2, -0.15) is 0 Å². The molecule has 0 saturated heterocycles. The summed E-state index contributed by atoms with van der Waals surface area (Å²) in [6.07, 6.45) is 25.0. The van der Waals surface area contributed by atoms with Crippen LogP contribution in [0, 0.1) is 0 Å². The Bertz CT molecular complexity index is 4930. The van der Waals surface area contributed by atoms with Gasteiger partial charge < -0.3 is 51.3 Å². The quantitative estimate of drug-likeness (QED) is 0.0281. The third-order valence-electron chi connectivity index (χ3n) is 21.6. The highest BCUT2D eigenvalue weighted by Gasteiger charge is 2.29. The Morgan fingerprint density at radius 2 is 0.664 bits per heavy atom. The van der Waals surface area contributed by atoms with Crippen molar-refractivity contribution in [1.82, 2.24) is 64.8 Å². The summed E-state index contributed by atoms with van der Waals surface area (Å²) in [6, 6.07) is 26.9. The number of ketones is 1. The molecule has 8 heterocycles. The van der Waals surface area contributed by atoms with Crippen molar-refractivity contribution >= 4 is 238 Å². The second-order valence-electron chi connectivity index (χ2n) is 29.6. The first-order valence-electron chi connectivity index (χ1n) is 37.8. The number of Topliss-reactive ketones (excluding diaryl/α,β-unsaturated/α-hetero) is 1. The van der Waals surface area contributed by atoms with Crippen LogP contribution < -0.4 is 26.6 Å². The van der Waals surface area contributed by atoms with Crippen LogP contribution in [0.3, 0.4) is 0 Å². The first-order valence-corrected chi connectivity index (χ1v) is 45.3. The number of fused-ring (bicyclic) bond motifs is 12. The molecular formula is C83H108Cl5N17O6S5. The number of nitrogens with one attached hydrogen (secondary N) is 5. The van der Waals surface area contributed by atoms with E-state index in [1.165, 1.54) is 51.4 Å². The fourth-order valence-electron chi connectivity index (χ4n) is 15.5. The zero-order valence-corrected chi connectivity index (χ0v) is 72.7. The van der Waals surface area contributed by atoms with Crippen LogP contribution in [0.4, 0.5) is 23.3 Å². The van der Waals surface area contributed by atoms with Crippen molar-refractivity contribution in [1.29, 1.82) is 0 Å². The minimum absolute atomic E-state index is 0. The normalized spacial score (nSPS) is 19.2. The van der Waals surface area contributed by atoms with Gasteiger partial charge in [0.2, 0.25) is 9.23 Å². The van der Waals surface area contributed by atoms with E-state index in [0.717, 1.165) is 161 Å². The van der Waals surface area contributed by atoms with Crippen LogP contribution >= 0.6 is 102 Å². The second-order valence-corrected chi connectivity index (χ2v) is 37.4. The molecule has 12 aromatic rings. The van der Waals surface area contributed by atoms with E-state index in [2.05, 4.69) is 164 Å². The SMILES string of the molecule is C.C.C.CC(=O)c1ccc2sc3ncnc(NC4CCC(N(C)C)CC4)c3c2c1.CCNC(=O)c1ccc2sc3ncnc(NC4CCC(N(C)C)CC4)c3c2c1.CN(C)C1CCC(Nc2ncnc3sc4ccc(C(=O)Cl)cc4c23)CC1.CN(C)C1CCC(Nc2ncnc3sc4ccc(C(=O)O)cc4c23)CC1.ClCCl.O=S(Cl)Cl. The Labute approximate surface area is 722 Å². The van der Waals surface area contributed by atoms with E-state index in [-0.39, 0.29) is 39.3 Å². The molecule has 4 fully saturated rings. The van der Waals surface area contributed by atoms with Gasteiger partial charge in [-0.25, -0.2) is 48.9 Å². The number of hydrogen-bond donors (Lipinski definition) is 6. The molecule has 0 spiro atoms. The molecule has 6 N–H and O–H groups in total. The number of rotatable bonds is 17. The fourth-order valence-corrected chi connectivity index (χ4v) is 19.7. The highest BCUT2D eigenvalue weighted by molar-refractivity contribution is 8.26. The Hall–Kier alpha value is -7.00. The van der Waals surface area contributed by atoms with E-state index in [9.17, 15) is 24.3 Å². The molecule has 0 bridgehead atoms. The van der Waals surface area contributed by atoms with Crippen LogP contribution in [0.25, 0.3) is 81.2 Å². The van der Waals surface area contributed by atoms with Crippen molar-refractivity contribution in [3.63, 3.8) is 0 Å². The van der Waals surface area contributed by atoms with Crippen LogP contribution in [0.5, 0.6) is 0 Å². The number of hydrogen-bond acceptors (Lipinski definition) is 25. The molecule has 4 aliphatic rings. The Balaban J connectivity index is 0.000000186. The summed E-state index contributed by atoms with van der Waals surface area (Å²) < 4.78 is 13.5. The van der Waals surface area contributed by atoms with E-state index in [1.807, 2.05) is 61.5 Å². The van der Waals surface area contributed by atoms with Crippen LogP contribution in [-0.4, -0.2) is 208 Å². The predicted molar refractivity (Wildman–Crippen MR) is 495 cm³/mol. The standard InChI is InChI=1S/C21H27N5OS.C20H24N4OS.C19H21ClN4OS.C19H22N4O2S.CH2Cl2.3CH4.Cl2OS/c1-4-22-20(27)13-5-10-17-16(11-13)18-19(23-12-24-21(18)28-17)25-14-6-8-15(9-7-14)26(2)3;1-12(25)13-4-9-17-16(10-13)18-19(21-11-22-20(18)26-17)23-14-5-7-15(8-6-14)24(2)3;1-24(2)13-6-4-12(5-7-13)23-18-16-14-9-11(17(20)25)3-8-15(14)26-19(16)22-10-21-18;1-23(2)13-6-4-12(5-7-13)22-17-16-14-9-11(19(24)25)3-8-15(14)26-18(16)21-10-20-17;2-1-3;;;;1-4(2)3/h5,10-12,14-15H,4,6-9H2,1-3H3,(H,22,27)(H,23,24,25);4,9-11,14-15H,5-8H2,1-3H3,(H,21,22,23);3,8-10,12-13H,4-7H2,1-2H3,(H,21,22,23);3,8-10,12-13H,4-7H2,1-2H3,(H,24,25)(H,20,21,22);1H2;3*1H4;. The molecule has 0 radical (unpaired) electrons. The summed E-state index contributed by atoms with van der Waals surface area (Å²) in [5, 5.41) is 34.5. The molecule has 0 atom stereocenters. The largest absolute Gasteiger partial charge is 0.478 e. The molecule has 1 amide bonds. The zero-order valence-electron chi connectivity index (χ0n) is 64.9. The van der Waals surface area contributed by atoms with Gasteiger partial charge in [-0.3, -0.25) is 14.4 Å². The Morgan fingerprint density at radius 3 is 0.914 bits per heavy atom. The van der Waals surface area contributed by atoms with Gasteiger partial charge in [-0.05, 0) is 257 Å². The van der Waals surface area contributed by atoms with Crippen molar-refractivity contribution in [3.8, 4) is 0 Å². The first-order chi connectivity index (χ1) is 54.3. The van der Waals surface area contributed by atoms with Gasteiger partial charge in [0.1, 0.15) is 67.9 Å². The number of carbonyl (C=O) groups is 4. The number of anilines is 4. The molecule has 626 valence electrons. The maximum atomic E-state index is 12.3. The van der Waals surface area contributed by atoms with Crippen molar-refractivity contribution < 1.29 is 28.5 Å². The van der Waals surface area contributed by atoms with Gasteiger partial charge in [0.25, 0.3) is 11.1 Å². The first kappa shape index (κ1) is 94.5. The molecule has 23 nitrogen and oxygen atoms in total. The van der Waals surface area contributed by atoms with Crippen LogP contribution in [0.1, 0.15) is 180 Å². The van der Waals surface area contributed by atoms with Crippen molar-refractivity contribution in [2.24, 2.45) is 0 Å². The minimum atomic E-state index is -1.67. The number of carboxylic acid groups (broad SMARTS) is 1. The van der Waals surface area contributed by atoms with Crippen molar-refractivity contribution in [3.05, 3.63) is 120 Å². The van der Waals surface area contributed by atoms with Crippen LogP contribution in [0.15, 0.2) is 98.1 Å². The molecule has 4 aliphatic carbocycles. The number of amides is 1.